The summed E-state index contributed by atoms with van der Waals surface area (Å²) in [6.45, 7) is 8.68. The Balaban J connectivity index is 2.28. The Hall–Kier alpha value is -0.870. The van der Waals surface area contributed by atoms with Gasteiger partial charge in [-0.05, 0) is 27.8 Å². The van der Waals surface area contributed by atoms with E-state index < -0.39 is 0 Å². The fraction of sp³-hybridized carbons (Fsp3) is 0.750. The molecule has 1 aromatic rings. The van der Waals surface area contributed by atoms with Gasteiger partial charge in [-0.2, -0.15) is 5.10 Å². The molecule has 4 heteroatoms. The van der Waals surface area contributed by atoms with Crippen molar-refractivity contribution in [1.29, 1.82) is 0 Å². The van der Waals surface area contributed by atoms with Crippen molar-refractivity contribution < 1.29 is 0 Å². The molecule has 92 valence electrons. The van der Waals surface area contributed by atoms with E-state index in [1.165, 1.54) is 5.56 Å². The average molecular weight is 224 g/mol. The van der Waals surface area contributed by atoms with Crippen LogP contribution < -0.4 is 5.32 Å². The summed E-state index contributed by atoms with van der Waals surface area (Å²) in [6.07, 6.45) is 3.98. The van der Waals surface area contributed by atoms with E-state index in [-0.39, 0.29) is 0 Å². The van der Waals surface area contributed by atoms with Crippen LogP contribution in [0.3, 0.4) is 0 Å². The molecule has 1 N–H and O–H groups in total. The Labute approximate surface area is 98.6 Å². The highest BCUT2D eigenvalue weighted by Gasteiger charge is 2.07. The Morgan fingerprint density at radius 1 is 1.44 bits per heavy atom. The highest BCUT2D eigenvalue weighted by molar-refractivity contribution is 5.08. The molecule has 0 fully saturated rings. The maximum Gasteiger partial charge on any atom is 0.0537 e. The number of hydrogen-bond acceptors (Lipinski definition) is 3. The maximum atomic E-state index is 4.18. The molecule has 0 aliphatic heterocycles. The van der Waals surface area contributed by atoms with Crippen LogP contribution in [-0.4, -0.2) is 40.9 Å². The maximum absolute atomic E-state index is 4.18. The third-order valence-corrected chi connectivity index (χ3v) is 3.02. The van der Waals surface area contributed by atoms with Gasteiger partial charge < -0.3 is 10.2 Å². The number of nitrogens with zero attached hydrogens (tertiary/aromatic N) is 3. The number of hydrogen-bond donors (Lipinski definition) is 1. The molecule has 1 unspecified atom stereocenters. The fourth-order valence-corrected chi connectivity index (χ4v) is 1.50. The van der Waals surface area contributed by atoms with Crippen LogP contribution in [0.15, 0.2) is 12.4 Å². The lowest BCUT2D eigenvalue weighted by molar-refractivity contribution is 0.270. The minimum Gasteiger partial charge on any atom is -0.309 e. The van der Waals surface area contributed by atoms with Gasteiger partial charge in [-0.1, -0.05) is 0 Å². The standard InChI is InChI=1S/C12H24N4/c1-10(2)15(4)7-6-13-11(3)12-8-14-16(5)9-12/h8-11,13H,6-7H2,1-5H3. The van der Waals surface area contributed by atoms with Crippen LogP contribution in [0.4, 0.5) is 0 Å². The van der Waals surface area contributed by atoms with E-state index in [9.17, 15) is 0 Å². The minimum absolute atomic E-state index is 0.370. The van der Waals surface area contributed by atoms with E-state index >= 15 is 0 Å². The second-order valence-electron chi connectivity index (χ2n) is 4.70. The van der Waals surface area contributed by atoms with Crippen LogP contribution in [0.5, 0.6) is 0 Å². The molecule has 0 aliphatic rings. The molecule has 0 aromatic carbocycles. The molecule has 1 heterocycles. The zero-order valence-electron chi connectivity index (χ0n) is 11.1. The number of aryl methyl sites for hydroxylation is 1. The molecule has 16 heavy (non-hydrogen) atoms. The molecule has 0 saturated heterocycles. The number of nitrogens with one attached hydrogen (secondary N) is 1. The fourth-order valence-electron chi connectivity index (χ4n) is 1.50. The molecular formula is C12H24N4. The lowest BCUT2D eigenvalue weighted by Crippen LogP contribution is -2.34. The van der Waals surface area contributed by atoms with E-state index in [0.29, 0.717) is 12.1 Å². The Morgan fingerprint density at radius 3 is 2.62 bits per heavy atom. The van der Waals surface area contributed by atoms with Gasteiger partial charge in [0.15, 0.2) is 0 Å². The molecule has 1 rings (SSSR count). The molecule has 0 spiro atoms. The quantitative estimate of drug-likeness (QED) is 0.793. The Kier molecular flexibility index (Phi) is 4.96. The first-order valence-electron chi connectivity index (χ1n) is 5.93. The van der Waals surface area contributed by atoms with E-state index in [4.69, 9.17) is 0 Å². The smallest absolute Gasteiger partial charge is 0.0537 e. The van der Waals surface area contributed by atoms with Gasteiger partial charge in [0.05, 0.1) is 6.20 Å². The van der Waals surface area contributed by atoms with Gasteiger partial charge in [0, 0.05) is 44.0 Å². The molecule has 1 aromatic heterocycles. The van der Waals surface area contributed by atoms with E-state index in [1.807, 2.05) is 17.9 Å². The second kappa shape index (κ2) is 6.01. The van der Waals surface area contributed by atoms with E-state index in [1.54, 1.807) is 0 Å². The highest BCUT2D eigenvalue weighted by Crippen LogP contribution is 2.09. The molecule has 0 amide bonds. The van der Waals surface area contributed by atoms with Gasteiger partial charge in [-0.15, -0.1) is 0 Å². The van der Waals surface area contributed by atoms with Crippen molar-refractivity contribution in [2.75, 3.05) is 20.1 Å². The van der Waals surface area contributed by atoms with Crippen molar-refractivity contribution in [3.8, 4) is 0 Å². The summed E-state index contributed by atoms with van der Waals surface area (Å²) in [7, 11) is 4.10. The number of rotatable bonds is 6. The summed E-state index contributed by atoms with van der Waals surface area (Å²) >= 11 is 0. The van der Waals surface area contributed by atoms with Crippen molar-refractivity contribution in [2.45, 2.75) is 32.9 Å². The predicted molar refractivity (Wildman–Crippen MR) is 67.4 cm³/mol. The van der Waals surface area contributed by atoms with Gasteiger partial charge in [0.2, 0.25) is 0 Å². The molecule has 4 nitrogen and oxygen atoms in total. The van der Waals surface area contributed by atoms with Crippen LogP contribution in [0.1, 0.15) is 32.4 Å². The number of likely N-dealkylation sites (N-methyl/N-ethyl adjacent to an activating group) is 1. The summed E-state index contributed by atoms with van der Waals surface area (Å²) in [5.41, 5.74) is 1.25. The Bertz CT molecular complexity index is 306. The molecule has 0 bridgehead atoms. The zero-order chi connectivity index (χ0) is 12.1. The van der Waals surface area contributed by atoms with Crippen molar-refractivity contribution in [2.24, 2.45) is 7.05 Å². The van der Waals surface area contributed by atoms with Crippen LogP contribution in [-0.2, 0) is 7.05 Å². The summed E-state index contributed by atoms with van der Waals surface area (Å²) in [5.74, 6) is 0. The van der Waals surface area contributed by atoms with Crippen LogP contribution in [0, 0.1) is 0 Å². The monoisotopic (exact) mass is 224 g/mol. The first kappa shape index (κ1) is 13.2. The average Bonchev–Trinajstić information content (AvgIpc) is 2.64. The van der Waals surface area contributed by atoms with Gasteiger partial charge in [-0.25, -0.2) is 0 Å². The first-order valence-corrected chi connectivity index (χ1v) is 5.93. The van der Waals surface area contributed by atoms with E-state index in [0.717, 1.165) is 13.1 Å². The number of aromatic nitrogens is 2. The third-order valence-electron chi connectivity index (χ3n) is 3.02. The molecule has 0 saturated carbocycles. The second-order valence-corrected chi connectivity index (χ2v) is 4.70. The van der Waals surface area contributed by atoms with Gasteiger partial charge in [-0.3, -0.25) is 4.68 Å². The highest BCUT2D eigenvalue weighted by atomic mass is 15.2. The van der Waals surface area contributed by atoms with Crippen molar-refractivity contribution in [1.82, 2.24) is 20.0 Å². The lowest BCUT2D eigenvalue weighted by Gasteiger charge is -2.22. The van der Waals surface area contributed by atoms with Crippen molar-refractivity contribution in [3.63, 3.8) is 0 Å². The first-order chi connectivity index (χ1) is 7.50. The summed E-state index contributed by atoms with van der Waals surface area (Å²) < 4.78 is 1.84. The summed E-state index contributed by atoms with van der Waals surface area (Å²) in [6, 6.07) is 0.977. The van der Waals surface area contributed by atoms with Crippen LogP contribution >= 0.6 is 0 Å². The van der Waals surface area contributed by atoms with Crippen LogP contribution in [0.2, 0.25) is 0 Å². The predicted octanol–water partition coefficient (Wildman–Crippen LogP) is 1.41. The normalized spacial score (nSPS) is 13.7. The Morgan fingerprint density at radius 2 is 2.12 bits per heavy atom. The summed E-state index contributed by atoms with van der Waals surface area (Å²) in [4.78, 5) is 2.34. The topological polar surface area (TPSA) is 33.1 Å². The van der Waals surface area contributed by atoms with Crippen LogP contribution in [0.25, 0.3) is 0 Å². The van der Waals surface area contributed by atoms with Gasteiger partial charge in [0.1, 0.15) is 0 Å². The van der Waals surface area contributed by atoms with Gasteiger partial charge in [0.25, 0.3) is 0 Å². The minimum atomic E-state index is 0.370. The molecule has 0 aliphatic carbocycles. The lowest BCUT2D eigenvalue weighted by atomic mass is 10.2. The van der Waals surface area contributed by atoms with Crippen molar-refractivity contribution >= 4 is 0 Å². The van der Waals surface area contributed by atoms with Crippen molar-refractivity contribution in [3.05, 3.63) is 18.0 Å². The third kappa shape index (κ3) is 3.94. The largest absolute Gasteiger partial charge is 0.309 e. The molecule has 1 atom stereocenters. The molecular weight excluding hydrogens is 200 g/mol. The molecule has 0 radical (unpaired) electrons. The van der Waals surface area contributed by atoms with E-state index in [2.05, 4.69) is 49.3 Å². The zero-order valence-corrected chi connectivity index (χ0v) is 11.1. The SMILES string of the molecule is CC(NCCN(C)C(C)C)c1cnn(C)c1. The van der Waals surface area contributed by atoms with Gasteiger partial charge >= 0.3 is 0 Å². The summed E-state index contributed by atoms with van der Waals surface area (Å²) in [5, 5.41) is 7.68.